The zero-order chi connectivity index (χ0) is 15.6. The van der Waals surface area contributed by atoms with Crippen LogP contribution in [0.4, 0.5) is 0 Å². The number of benzene rings is 1. The van der Waals surface area contributed by atoms with Crippen molar-refractivity contribution in [3.05, 3.63) is 17.7 Å². The zero-order valence-corrected chi connectivity index (χ0v) is 12.7. The minimum Gasteiger partial charge on any atom is -0.493 e. The highest BCUT2D eigenvalue weighted by Gasteiger charge is 2.29. The van der Waals surface area contributed by atoms with E-state index in [2.05, 4.69) is 5.10 Å². The Kier molecular flexibility index (Phi) is 4.21. The van der Waals surface area contributed by atoms with Gasteiger partial charge in [-0.3, -0.25) is 4.79 Å². The maximum absolute atomic E-state index is 11.4. The molecule has 114 valence electrons. The number of methoxy groups -OCH3 is 3. The molecule has 1 amide bonds. The lowest BCUT2D eigenvalue weighted by Gasteiger charge is -2.14. The Morgan fingerprint density at radius 2 is 1.76 bits per heavy atom. The van der Waals surface area contributed by atoms with Crippen molar-refractivity contribution < 1.29 is 23.7 Å². The molecule has 0 bridgehead atoms. The maximum Gasteiger partial charge on any atom is 0.242 e. The van der Waals surface area contributed by atoms with Gasteiger partial charge in [-0.15, -0.1) is 5.10 Å². The number of nitrogens with zero attached hydrogens (tertiary/aromatic N) is 2. The first-order valence-corrected chi connectivity index (χ1v) is 6.37. The molecule has 0 N–H and O–H groups in total. The molecule has 1 aromatic rings. The fraction of sp³-hybridized carbons (Fsp3) is 0.429. The lowest BCUT2D eigenvalue weighted by Crippen LogP contribution is -2.29. The minimum absolute atomic E-state index is 0.190. The van der Waals surface area contributed by atoms with Gasteiger partial charge in [-0.05, 0) is 19.1 Å². The third kappa shape index (κ3) is 2.72. The summed E-state index contributed by atoms with van der Waals surface area (Å²) in [6, 6.07) is 3.44. The predicted molar refractivity (Wildman–Crippen MR) is 75.7 cm³/mol. The van der Waals surface area contributed by atoms with Crippen LogP contribution in [0.5, 0.6) is 17.2 Å². The molecule has 1 atom stereocenters. The minimum atomic E-state index is -0.448. The fourth-order valence-corrected chi connectivity index (χ4v) is 2.07. The van der Waals surface area contributed by atoms with Gasteiger partial charge in [-0.2, -0.15) is 5.01 Å². The normalized spacial score (nSPS) is 17.1. The molecule has 0 spiro atoms. The van der Waals surface area contributed by atoms with Gasteiger partial charge in [0, 0.05) is 12.5 Å². The average molecular weight is 294 g/mol. The molecule has 1 aliphatic rings. The van der Waals surface area contributed by atoms with Gasteiger partial charge in [0.1, 0.15) is 0 Å². The average Bonchev–Trinajstić information content (AvgIpc) is 2.87. The van der Waals surface area contributed by atoms with E-state index in [0.29, 0.717) is 28.7 Å². The molecular weight excluding hydrogens is 276 g/mol. The Bertz CT molecular complexity index is 560. The van der Waals surface area contributed by atoms with Crippen molar-refractivity contribution in [2.24, 2.45) is 5.10 Å². The molecule has 21 heavy (non-hydrogen) atoms. The van der Waals surface area contributed by atoms with Gasteiger partial charge in [0.2, 0.25) is 17.6 Å². The molecule has 1 aromatic carbocycles. The highest BCUT2D eigenvalue weighted by Crippen LogP contribution is 2.38. The van der Waals surface area contributed by atoms with Crippen molar-refractivity contribution in [1.29, 1.82) is 0 Å². The highest BCUT2D eigenvalue weighted by molar-refractivity contribution is 5.97. The van der Waals surface area contributed by atoms with Crippen LogP contribution < -0.4 is 14.2 Å². The van der Waals surface area contributed by atoms with Crippen molar-refractivity contribution in [2.75, 3.05) is 21.3 Å². The molecule has 0 radical (unpaired) electrons. The zero-order valence-electron chi connectivity index (χ0n) is 12.7. The third-order valence-electron chi connectivity index (χ3n) is 3.06. The second-order valence-corrected chi connectivity index (χ2v) is 4.40. The van der Waals surface area contributed by atoms with Gasteiger partial charge in [0.15, 0.2) is 17.7 Å². The summed E-state index contributed by atoms with van der Waals surface area (Å²) < 4.78 is 21.4. The van der Waals surface area contributed by atoms with Gasteiger partial charge in [0.25, 0.3) is 0 Å². The number of amides is 1. The molecule has 2 rings (SSSR count). The molecule has 1 aliphatic heterocycles. The molecule has 1 heterocycles. The lowest BCUT2D eigenvalue weighted by molar-refractivity contribution is -0.134. The van der Waals surface area contributed by atoms with Crippen molar-refractivity contribution in [2.45, 2.75) is 20.1 Å². The summed E-state index contributed by atoms with van der Waals surface area (Å²) in [5.74, 6) is 1.61. The lowest BCUT2D eigenvalue weighted by atomic mass is 10.2. The van der Waals surface area contributed by atoms with E-state index >= 15 is 0 Å². The van der Waals surface area contributed by atoms with E-state index in [1.165, 1.54) is 33.3 Å². The van der Waals surface area contributed by atoms with Crippen LogP contribution >= 0.6 is 0 Å². The second kappa shape index (κ2) is 5.90. The number of carbonyl (C=O) groups excluding carboxylic acids is 1. The smallest absolute Gasteiger partial charge is 0.242 e. The Labute approximate surface area is 123 Å². The third-order valence-corrected chi connectivity index (χ3v) is 3.06. The summed E-state index contributed by atoms with van der Waals surface area (Å²) >= 11 is 0. The first-order chi connectivity index (χ1) is 10.0. The second-order valence-electron chi connectivity index (χ2n) is 4.40. The van der Waals surface area contributed by atoms with Gasteiger partial charge in [-0.1, -0.05) is 0 Å². The number of hydrogen-bond donors (Lipinski definition) is 0. The topological polar surface area (TPSA) is 69.6 Å². The van der Waals surface area contributed by atoms with Crippen LogP contribution in [-0.2, 0) is 9.53 Å². The predicted octanol–water partition coefficient (Wildman–Crippen LogP) is 1.60. The summed E-state index contributed by atoms with van der Waals surface area (Å²) in [5.41, 5.74) is 0.639. The maximum atomic E-state index is 11.4. The molecule has 0 aromatic heterocycles. The van der Waals surface area contributed by atoms with Crippen molar-refractivity contribution in [3.63, 3.8) is 0 Å². The van der Waals surface area contributed by atoms with Crippen LogP contribution in [0.3, 0.4) is 0 Å². The van der Waals surface area contributed by atoms with E-state index in [-0.39, 0.29) is 5.91 Å². The van der Waals surface area contributed by atoms with E-state index in [0.717, 1.165) is 0 Å². The summed E-state index contributed by atoms with van der Waals surface area (Å²) in [4.78, 5) is 11.4. The van der Waals surface area contributed by atoms with Crippen LogP contribution in [0.25, 0.3) is 0 Å². The Morgan fingerprint density at radius 1 is 1.19 bits per heavy atom. The summed E-state index contributed by atoms with van der Waals surface area (Å²) in [6.45, 7) is 3.18. The molecule has 7 nitrogen and oxygen atoms in total. The van der Waals surface area contributed by atoms with Crippen LogP contribution in [-0.4, -0.2) is 44.4 Å². The Hall–Kier alpha value is -2.44. The number of hydrazone groups is 1. The molecule has 0 aliphatic carbocycles. The fourth-order valence-electron chi connectivity index (χ4n) is 2.07. The Morgan fingerprint density at radius 3 is 2.14 bits per heavy atom. The van der Waals surface area contributed by atoms with Crippen molar-refractivity contribution in [3.8, 4) is 17.2 Å². The van der Waals surface area contributed by atoms with Crippen LogP contribution in [0.1, 0.15) is 19.4 Å². The molecule has 0 fully saturated rings. The highest BCUT2D eigenvalue weighted by atomic mass is 16.5. The molecule has 1 unspecified atom stereocenters. The van der Waals surface area contributed by atoms with Gasteiger partial charge < -0.3 is 18.9 Å². The van der Waals surface area contributed by atoms with E-state index in [4.69, 9.17) is 18.9 Å². The van der Waals surface area contributed by atoms with Gasteiger partial charge in [0.05, 0.1) is 21.3 Å². The summed E-state index contributed by atoms with van der Waals surface area (Å²) in [5, 5.41) is 5.45. The van der Waals surface area contributed by atoms with E-state index in [1.54, 1.807) is 19.1 Å². The van der Waals surface area contributed by atoms with Crippen LogP contribution in [0.2, 0.25) is 0 Å². The van der Waals surface area contributed by atoms with Crippen molar-refractivity contribution >= 4 is 11.8 Å². The monoisotopic (exact) mass is 294 g/mol. The standard InChI is InChI=1S/C14H18N2O5/c1-8(17)16-9(2)21-14(15-16)10-6-11(18-3)13(20-5)12(7-10)19-4/h6-7,9H,1-5H3. The van der Waals surface area contributed by atoms with Crippen LogP contribution in [0, 0.1) is 0 Å². The summed E-state index contributed by atoms with van der Waals surface area (Å²) in [7, 11) is 4.59. The van der Waals surface area contributed by atoms with Gasteiger partial charge in [-0.25, -0.2) is 0 Å². The summed E-state index contributed by atoms with van der Waals surface area (Å²) in [6.07, 6.45) is -0.448. The van der Waals surface area contributed by atoms with E-state index in [9.17, 15) is 4.79 Å². The van der Waals surface area contributed by atoms with E-state index < -0.39 is 6.23 Å². The van der Waals surface area contributed by atoms with Gasteiger partial charge >= 0.3 is 0 Å². The number of carbonyl (C=O) groups is 1. The quantitative estimate of drug-likeness (QED) is 0.843. The molecule has 0 saturated heterocycles. The molecule has 0 saturated carbocycles. The molecular formula is C14H18N2O5. The van der Waals surface area contributed by atoms with E-state index in [1.807, 2.05) is 0 Å². The first kappa shape index (κ1) is 15.0. The number of hydrogen-bond acceptors (Lipinski definition) is 6. The number of rotatable bonds is 4. The SMILES string of the molecule is COc1cc(C2=NN(C(C)=O)C(C)O2)cc(OC)c1OC. The van der Waals surface area contributed by atoms with Crippen molar-refractivity contribution in [1.82, 2.24) is 5.01 Å². The largest absolute Gasteiger partial charge is 0.493 e. The van der Waals surface area contributed by atoms with Crippen LogP contribution in [0.15, 0.2) is 17.2 Å². The number of ether oxygens (including phenoxy) is 4. The Balaban J connectivity index is 2.46. The first-order valence-electron chi connectivity index (χ1n) is 6.37. The molecule has 7 heteroatoms.